The van der Waals surface area contributed by atoms with Crippen LogP contribution in [-0.2, 0) is 6.42 Å². The predicted octanol–water partition coefficient (Wildman–Crippen LogP) is 2.82. The molecule has 1 aromatic carbocycles. The van der Waals surface area contributed by atoms with E-state index in [1.54, 1.807) is 0 Å². The van der Waals surface area contributed by atoms with Crippen molar-refractivity contribution in [2.45, 2.75) is 38.5 Å². The van der Waals surface area contributed by atoms with Gasteiger partial charge in [0.15, 0.2) is 5.78 Å². The summed E-state index contributed by atoms with van der Waals surface area (Å²) < 4.78 is 0. The van der Waals surface area contributed by atoms with E-state index in [9.17, 15) is 14.4 Å². The van der Waals surface area contributed by atoms with Crippen molar-refractivity contribution in [1.82, 2.24) is 10.3 Å². The van der Waals surface area contributed by atoms with Gasteiger partial charge in [-0.1, -0.05) is 37.3 Å². The fourth-order valence-corrected chi connectivity index (χ4v) is 3.19. The lowest BCUT2D eigenvalue weighted by Gasteiger charge is -2.15. The van der Waals surface area contributed by atoms with Gasteiger partial charge in [0.25, 0.3) is 11.5 Å². The number of fused-ring (bicyclic) bond motifs is 1. The molecule has 1 unspecified atom stereocenters. The molecular formula is C20H22N2O3. The van der Waals surface area contributed by atoms with E-state index in [0.29, 0.717) is 36.6 Å². The fourth-order valence-electron chi connectivity index (χ4n) is 3.19. The van der Waals surface area contributed by atoms with Crippen molar-refractivity contribution >= 4 is 11.7 Å². The number of ketones is 1. The number of hydrogen-bond donors (Lipinski definition) is 2. The van der Waals surface area contributed by atoms with E-state index in [1.807, 2.05) is 18.2 Å². The smallest absolute Gasteiger partial charge is 0.261 e. The maximum absolute atomic E-state index is 12.3. The molecule has 2 N–H and O–H groups in total. The maximum Gasteiger partial charge on any atom is 0.261 e. The van der Waals surface area contributed by atoms with Gasteiger partial charge in [0.2, 0.25) is 0 Å². The Morgan fingerprint density at radius 3 is 2.72 bits per heavy atom. The van der Waals surface area contributed by atoms with Crippen LogP contribution in [0.4, 0.5) is 0 Å². The zero-order chi connectivity index (χ0) is 17.8. The molecule has 1 amide bonds. The number of aryl methyl sites for hydroxylation is 1. The Kier molecular flexibility index (Phi) is 5.12. The summed E-state index contributed by atoms with van der Waals surface area (Å²) in [5.74, 6) is -0.128. The van der Waals surface area contributed by atoms with Crippen LogP contribution in [0.5, 0.6) is 0 Å². The summed E-state index contributed by atoms with van der Waals surface area (Å²) in [5, 5.41) is 2.79. The zero-order valence-electron chi connectivity index (χ0n) is 14.3. The van der Waals surface area contributed by atoms with Crippen LogP contribution in [0, 0.1) is 0 Å². The number of amides is 1. The summed E-state index contributed by atoms with van der Waals surface area (Å²) in [5.41, 5.74) is 1.93. The molecule has 130 valence electrons. The standard InChI is InChI=1S/C20H22N2O3/c1-13(14-6-3-2-4-7-14)10-11-21-19(24)16-12-15-17(22-20(16)25)8-5-9-18(15)23/h2-4,6-7,12-13H,5,8-11H2,1H3,(H,21,24)(H,22,25). The number of aromatic nitrogens is 1. The molecule has 0 spiro atoms. The van der Waals surface area contributed by atoms with Crippen LogP contribution >= 0.6 is 0 Å². The molecule has 0 fully saturated rings. The summed E-state index contributed by atoms with van der Waals surface area (Å²) in [4.78, 5) is 39.1. The lowest BCUT2D eigenvalue weighted by Crippen LogP contribution is -2.32. The van der Waals surface area contributed by atoms with Gasteiger partial charge in [-0.2, -0.15) is 0 Å². The number of carbonyl (C=O) groups is 2. The van der Waals surface area contributed by atoms with Crippen molar-refractivity contribution in [1.29, 1.82) is 0 Å². The lowest BCUT2D eigenvalue weighted by atomic mass is 9.93. The van der Waals surface area contributed by atoms with Crippen LogP contribution in [0.2, 0.25) is 0 Å². The van der Waals surface area contributed by atoms with Crippen molar-refractivity contribution in [3.63, 3.8) is 0 Å². The molecule has 5 heteroatoms. The third-order valence-electron chi connectivity index (χ3n) is 4.73. The topological polar surface area (TPSA) is 79.0 Å². The Labute approximate surface area is 146 Å². The Hall–Kier alpha value is -2.69. The first-order valence-electron chi connectivity index (χ1n) is 8.69. The van der Waals surface area contributed by atoms with Gasteiger partial charge in [-0.15, -0.1) is 0 Å². The third kappa shape index (κ3) is 3.87. The summed E-state index contributed by atoms with van der Waals surface area (Å²) >= 11 is 0. The molecule has 0 saturated heterocycles. The number of benzene rings is 1. The molecular weight excluding hydrogens is 316 g/mol. The zero-order valence-corrected chi connectivity index (χ0v) is 14.3. The second kappa shape index (κ2) is 7.47. The molecule has 1 aliphatic rings. The van der Waals surface area contributed by atoms with Gasteiger partial charge >= 0.3 is 0 Å². The number of pyridine rings is 1. The predicted molar refractivity (Wildman–Crippen MR) is 96.1 cm³/mol. The monoisotopic (exact) mass is 338 g/mol. The minimum Gasteiger partial charge on any atom is -0.352 e. The van der Waals surface area contributed by atoms with Gasteiger partial charge in [0.1, 0.15) is 5.56 Å². The van der Waals surface area contributed by atoms with Crippen LogP contribution < -0.4 is 10.9 Å². The highest BCUT2D eigenvalue weighted by molar-refractivity contribution is 6.01. The number of H-pyrrole nitrogens is 1. The van der Waals surface area contributed by atoms with Gasteiger partial charge in [0.05, 0.1) is 0 Å². The number of rotatable bonds is 5. The molecule has 0 saturated carbocycles. The van der Waals surface area contributed by atoms with Crippen molar-refractivity contribution in [3.05, 3.63) is 69.1 Å². The van der Waals surface area contributed by atoms with E-state index in [0.717, 1.165) is 12.8 Å². The average Bonchev–Trinajstić information content (AvgIpc) is 2.62. The number of carbonyl (C=O) groups excluding carboxylic acids is 2. The van der Waals surface area contributed by atoms with Crippen LogP contribution in [0.3, 0.4) is 0 Å². The van der Waals surface area contributed by atoms with E-state index in [4.69, 9.17) is 0 Å². The number of aromatic amines is 1. The number of hydrogen-bond acceptors (Lipinski definition) is 3. The first-order chi connectivity index (χ1) is 12.1. The summed E-state index contributed by atoms with van der Waals surface area (Å²) in [6, 6.07) is 11.5. The highest BCUT2D eigenvalue weighted by Crippen LogP contribution is 2.19. The second-order valence-electron chi connectivity index (χ2n) is 6.54. The van der Waals surface area contributed by atoms with Crippen molar-refractivity contribution < 1.29 is 9.59 Å². The number of Topliss-reactive ketones (excluding diaryl/α,β-unsaturated/α-hetero) is 1. The van der Waals surface area contributed by atoms with Gasteiger partial charge in [-0.25, -0.2) is 0 Å². The van der Waals surface area contributed by atoms with Gasteiger partial charge in [0, 0.05) is 24.2 Å². The largest absolute Gasteiger partial charge is 0.352 e. The molecule has 2 aromatic rings. The molecule has 1 aromatic heterocycles. The SMILES string of the molecule is CC(CCNC(=O)c1cc2c([nH]c1=O)CCCC2=O)c1ccccc1. The number of nitrogens with one attached hydrogen (secondary N) is 2. The van der Waals surface area contributed by atoms with Gasteiger partial charge in [-0.3, -0.25) is 14.4 Å². The van der Waals surface area contributed by atoms with Crippen molar-refractivity contribution in [2.24, 2.45) is 0 Å². The quantitative estimate of drug-likeness (QED) is 0.880. The van der Waals surface area contributed by atoms with E-state index in [-0.39, 0.29) is 11.3 Å². The fraction of sp³-hybridized carbons (Fsp3) is 0.350. The second-order valence-corrected chi connectivity index (χ2v) is 6.54. The molecule has 1 aliphatic carbocycles. The molecule has 25 heavy (non-hydrogen) atoms. The summed E-state index contributed by atoms with van der Waals surface area (Å²) in [6.45, 7) is 2.57. The minimum atomic E-state index is -0.429. The van der Waals surface area contributed by atoms with Gasteiger partial charge in [-0.05, 0) is 36.8 Å². The van der Waals surface area contributed by atoms with Crippen molar-refractivity contribution in [2.75, 3.05) is 6.54 Å². The van der Waals surface area contributed by atoms with Gasteiger partial charge < -0.3 is 10.3 Å². The lowest BCUT2D eigenvalue weighted by molar-refractivity contribution is 0.0951. The van der Waals surface area contributed by atoms with Crippen LogP contribution in [0.1, 0.15) is 64.1 Å². The van der Waals surface area contributed by atoms with E-state index >= 15 is 0 Å². The molecule has 1 atom stereocenters. The summed E-state index contributed by atoms with van der Waals surface area (Å²) in [6.07, 6.45) is 2.66. The molecule has 1 heterocycles. The third-order valence-corrected chi connectivity index (χ3v) is 4.73. The Morgan fingerprint density at radius 2 is 1.96 bits per heavy atom. The first-order valence-corrected chi connectivity index (χ1v) is 8.69. The minimum absolute atomic E-state index is 0.00995. The Balaban J connectivity index is 1.65. The highest BCUT2D eigenvalue weighted by Gasteiger charge is 2.22. The normalized spacial score (nSPS) is 14.7. The molecule has 0 radical (unpaired) electrons. The first kappa shape index (κ1) is 17.1. The molecule has 5 nitrogen and oxygen atoms in total. The van der Waals surface area contributed by atoms with E-state index in [2.05, 4.69) is 29.4 Å². The average molecular weight is 338 g/mol. The summed E-state index contributed by atoms with van der Waals surface area (Å²) in [7, 11) is 0. The van der Waals surface area contributed by atoms with Crippen LogP contribution in [0.25, 0.3) is 0 Å². The van der Waals surface area contributed by atoms with Crippen LogP contribution in [0.15, 0.2) is 41.2 Å². The molecule has 0 aliphatic heterocycles. The van der Waals surface area contributed by atoms with Crippen molar-refractivity contribution in [3.8, 4) is 0 Å². The van der Waals surface area contributed by atoms with Crippen LogP contribution in [-0.4, -0.2) is 23.2 Å². The molecule has 0 bridgehead atoms. The Morgan fingerprint density at radius 1 is 1.20 bits per heavy atom. The van der Waals surface area contributed by atoms with E-state index in [1.165, 1.54) is 11.6 Å². The maximum atomic E-state index is 12.3. The highest BCUT2D eigenvalue weighted by atomic mass is 16.2. The molecule has 3 rings (SSSR count). The Bertz CT molecular complexity index is 840. The van der Waals surface area contributed by atoms with E-state index < -0.39 is 11.5 Å².